The summed E-state index contributed by atoms with van der Waals surface area (Å²) in [6.07, 6.45) is 7.64. The maximum Gasteiger partial charge on any atom is 0.0601 e. The van der Waals surface area contributed by atoms with Crippen LogP contribution in [0.5, 0.6) is 0 Å². The first-order chi connectivity index (χ1) is 9.65. The Morgan fingerprint density at radius 1 is 1.20 bits per heavy atom. The zero-order chi connectivity index (χ0) is 14.8. The standard InChI is InChI=1S/C18H28N2/c1-5-13-20(14-6-2)15-18-9-7-17(8-10-18)11-12-19-16(3)4/h1,7-10,16,19H,6,11-15H2,2-4H3. The van der Waals surface area contributed by atoms with E-state index in [9.17, 15) is 0 Å². The summed E-state index contributed by atoms with van der Waals surface area (Å²) < 4.78 is 0. The van der Waals surface area contributed by atoms with Gasteiger partial charge in [0.25, 0.3) is 0 Å². The zero-order valence-electron chi connectivity index (χ0n) is 13.2. The summed E-state index contributed by atoms with van der Waals surface area (Å²) in [4.78, 5) is 2.31. The number of hydrogen-bond acceptors (Lipinski definition) is 2. The number of nitrogens with zero attached hydrogens (tertiary/aromatic N) is 1. The predicted molar refractivity (Wildman–Crippen MR) is 87.7 cm³/mol. The number of rotatable bonds is 9. The molecule has 0 aromatic heterocycles. The third-order valence-corrected chi connectivity index (χ3v) is 3.25. The molecule has 20 heavy (non-hydrogen) atoms. The van der Waals surface area contributed by atoms with Gasteiger partial charge in [0.1, 0.15) is 0 Å². The molecule has 1 aromatic rings. The Bertz CT molecular complexity index is 400. The van der Waals surface area contributed by atoms with Crippen molar-refractivity contribution in [2.75, 3.05) is 19.6 Å². The van der Waals surface area contributed by atoms with Gasteiger partial charge in [0, 0.05) is 12.6 Å². The van der Waals surface area contributed by atoms with E-state index in [1.165, 1.54) is 11.1 Å². The van der Waals surface area contributed by atoms with Crippen LogP contribution in [0.2, 0.25) is 0 Å². The fourth-order valence-electron chi connectivity index (χ4n) is 2.23. The molecule has 0 saturated carbocycles. The van der Waals surface area contributed by atoms with E-state index < -0.39 is 0 Å². The largest absolute Gasteiger partial charge is 0.314 e. The molecule has 0 heterocycles. The van der Waals surface area contributed by atoms with Crippen LogP contribution >= 0.6 is 0 Å². The van der Waals surface area contributed by atoms with E-state index in [-0.39, 0.29) is 0 Å². The Balaban J connectivity index is 2.46. The van der Waals surface area contributed by atoms with E-state index in [1.807, 2.05) is 0 Å². The molecule has 0 atom stereocenters. The zero-order valence-corrected chi connectivity index (χ0v) is 13.2. The van der Waals surface area contributed by atoms with Crippen LogP contribution < -0.4 is 5.32 Å². The Kier molecular flexibility index (Phi) is 8.02. The van der Waals surface area contributed by atoms with Crippen LogP contribution in [0.3, 0.4) is 0 Å². The predicted octanol–water partition coefficient (Wildman–Crippen LogP) is 3.07. The molecular formula is C18H28N2. The molecule has 1 rings (SSSR count). The van der Waals surface area contributed by atoms with Crippen LogP contribution in [0.25, 0.3) is 0 Å². The van der Waals surface area contributed by atoms with Gasteiger partial charge in [-0.2, -0.15) is 0 Å². The van der Waals surface area contributed by atoms with Crippen LogP contribution in [-0.2, 0) is 13.0 Å². The van der Waals surface area contributed by atoms with Gasteiger partial charge in [-0.25, -0.2) is 0 Å². The second-order valence-corrected chi connectivity index (χ2v) is 5.59. The van der Waals surface area contributed by atoms with Gasteiger partial charge in [0.2, 0.25) is 0 Å². The van der Waals surface area contributed by atoms with E-state index in [0.29, 0.717) is 6.04 Å². The molecule has 0 fully saturated rings. The van der Waals surface area contributed by atoms with Crippen molar-refractivity contribution < 1.29 is 0 Å². The van der Waals surface area contributed by atoms with Crippen molar-refractivity contribution in [3.8, 4) is 12.3 Å². The van der Waals surface area contributed by atoms with E-state index in [0.717, 1.165) is 39.0 Å². The van der Waals surface area contributed by atoms with Gasteiger partial charge in [0.05, 0.1) is 6.54 Å². The van der Waals surface area contributed by atoms with Gasteiger partial charge in [-0.3, -0.25) is 4.90 Å². The lowest BCUT2D eigenvalue weighted by atomic mass is 10.1. The van der Waals surface area contributed by atoms with Crippen molar-refractivity contribution in [1.82, 2.24) is 10.2 Å². The molecule has 0 aliphatic heterocycles. The highest BCUT2D eigenvalue weighted by Crippen LogP contribution is 2.08. The second kappa shape index (κ2) is 9.58. The smallest absolute Gasteiger partial charge is 0.0601 e. The summed E-state index contributed by atoms with van der Waals surface area (Å²) >= 11 is 0. The van der Waals surface area contributed by atoms with Gasteiger partial charge >= 0.3 is 0 Å². The van der Waals surface area contributed by atoms with Crippen molar-refractivity contribution >= 4 is 0 Å². The highest BCUT2D eigenvalue weighted by Gasteiger charge is 2.03. The fraction of sp³-hybridized carbons (Fsp3) is 0.556. The molecule has 1 N–H and O–H groups in total. The minimum Gasteiger partial charge on any atom is -0.314 e. The van der Waals surface area contributed by atoms with Crippen LogP contribution in [0.15, 0.2) is 24.3 Å². The van der Waals surface area contributed by atoms with Crippen LogP contribution in [0.4, 0.5) is 0 Å². The first kappa shape index (κ1) is 16.8. The molecule has 0 unspecified atom stereocenters. The Morgan fingerprint density at radius 3 is 2.40 bits per heavy atom. The van der Waals surface area contributed by atoms with E-state index in [2.05, 4.69) is 61.2 Å². The van der Waals surface area contributed by atoms with E-state index in [4.69, 9.17) is 6.42 Å². The molecule has 1 aromatic carbocycles. The maximum absolute atomic E-state index is 5.42. The van der Waals surface area contributed by atoms with Gasteiger partial charge in [-0.05, 0) is 37.1 Å². The Morgan fingerprint density at radius 2 is 1.85 bits per heavy atom. The van der Waals surface area contributed by atoms with Crippen LogP contribution in [0, 0.1) is 12.3 Å². The minimum atomic E-state index is 0.556. The SMILES string of the molecule is C#CCN(CCC)Cc1ccc(CCNC(C)C)cc1. The van der Waals surface area contributed by atoms with Crippen molar-refractivity contribution in [3.05, 3.63) is 35.4 Å². The molecule has 0 aliphatic rings. The summed E-state index contributed by atoms with van der Waals surface area (Å²) in [5.74, 6) is 2.74. The number of terminal acetylenes is 1. The molecule has 0 saturated heterocycles. The highest BCUT2D eigenvalue weighted by molar-refractivity contribution is 5.23. The molecule has 110 valence electrons. The molecule has 2 nitrogen and oxygen atoms in total. The van der Waals surface area contributed by atoms with E-state index >= 15 is 0 Å². The average Bonchev–Trinajstić information content (AvgIpc) is 2.41. The van der Waals surface area contributed by atoms with Gasteiger partial charge in [0.15, 0.2) is 0 Å². The lowest BCUT2D eigenvalue weighted by Gasteiger charge is -2.19. The number of hydrogen-bond donors (Lipinski definition) is 1. The first-order valence-corrected chi connectivity index (χ1v) is 7.62. The molecule has 0 spiro atoms. The maximum atomic E-state index is 5.42. The van der Waals surface area contributed by atoms with Crippen LogP contribution in [0.1, 0.15) is 38.3 Å². The number of benzene rings is 1. The summed E-state index contributed by atoms with van der Waals surface area (Å²) in [7, 11) is 0. The molecule has 0 aliphatic carbocycles. The van der Waals surface area contributed by atoms with Crippen molar-refractivity contribution in [3.63, 3.8) is 0 Å². The average molecular weight is 272 g/mol. The molecule has 0 bridgehead atoms. The molecule has 0 radical (unpaired) electrons. The molecule has 2 heteroatoms. The quantitative estimate of drug-likeness (QED) is 0.695. The van der Waals surface area contributed by atoms with Crippen molar-refractivity contribution in [1.29, 1.82) is 0 Å². The van der Waals surface area contributed by atoms with Gasteiger partial charge < -0.3 is 5.32 Å². The molecular weight excluding hydrogens is 244 g/mol. The number of nitrogens with one attached hydrogen (secondary N) is 1. The highest BCUT2D eigenvalue weighted by atomic mass is 15.1. The lowest BCUT2D eigenvalue weighted by Crippen LogP contribution is -2.25. The van der Waals surface area contributed by atoms with Gasteiger partial charge in [-0.15, -0.1) is 6.42 Å². The lowest BCUT2D eigenvalue weighted by molar-refractivity contribution is 0.299. The second-order valence-electron chi connectivity index (χ2n) is 5.59. The first-order valence-electron chi connectivity index (χ1n) is 7.62. The summed E-state index contributed by atoms with van der Waals surface area (Å²) in [6.45, 7) is 10.3. The fourth-order valence-corrected chi connectivity index (χ4v) is 2.23. The summed E-state index contributed by atoms with van der Waals surface area (Å²) in [5, 5.41) is 3.44. The van der Waals surface area contributed by atoms with Gasteiger partial charge in [-0.1, -0.05) is 51.0 Å². The third-order valence-electron chi connectivity index (χ3n) is 3.25. The minimum absolute atomic E-state index is 0.556. The van der Waals surface area contributed by atoms with Crippen LogP contribution in [-0.4, -0.2) is 30.6 Å². The Hall–Kier alpha value is -1.30. The third kappa shape index (κ3) is 6.75. The summed E-state index contributed by atoms with van der Waals surface area (Å²) in [5.41, 5.74) is 2.73. The molecule has 0 amide bonds. The van der Waals surface area contributed by atoms with Crippen molar-refractivity contribution in [2.45, 2.75) is 46.2 Å². The summed E-state index contributed by atoms with van der Waals surface area (Å²) in [6, 6.07) is 9.48. The van der Waals surface area contributed by atoms with E-state index in [1.54, 1.807) is 0 Å². The topological polar surface area (TPSA) is 15.3 Å². The monoisotopic (exact) mass is 272 g/mol. The Labute approximate surface area is 124 Å². The normalized spacial score (nSPS) is 11.0. The van der Waals surface area contributed by atoms with Crippen molar-refractivity contribution in [2.24, 2.45) is 0 Å².